The van der Waals surface area contributed by atoms with E-state index >= 15 is 0 Å². The van der Waals surface area contributed by atoms with Crippen LogP contribution < -0.4 is 5.73 Å². The van der Waals surface area contributed by atoms with Gasteiger partial charge in [0.25, 0.3) is 0 Å². The maximum Gasteiger partial charge on any atom is 0.182 e. The lowest BCUT2D eigenvalue weighted by atomic mass is 9.88. The predicted octanol–water partition coefficient (Wildman–Crippen LogP) is 3.10. The Hall–Kier alpha value is -0.860. The first-order chi connectivity index (χ1) is 7.53. The third-order valence-corrected chi connectivity index (χ3v) is 3.79. The van der Waals surface area contributed by atoms with Gasteiger partial charge in [-0.3, -0.25) is 4.79 Å². The summed E-state index contributed by atoms with van der Waals surface area (Å²) in [6.45, 7) is 1.92. The molecule has 3 heteroatoms. The van der Waals surface area contributed by atoms with Crippen LogP contribution in [-0.2, 0) is 0 Å². The van der Waals surface area contributed by atoms with Gasteiger partial charge >= 0.3 is 0 Å². The largest absolute Gasteiger partial charge is 0.319 e. The minimum Gasteiger partial charge on any atom is -0.319 e. The second-order valence-corrected chi connectivity index (χ2v) is 5.06. The highest BCUT2D eigenvalue weighted by Gasteiger charge is 2.37. The van der Waals surface area contributed by atoms with Gasteiger partial charge in [-0.25, -0.2) is 0 Å². The van der Waals surface area contributed by atoms with E-state index in [0.717, 1.165) is 31.2 Å². The number of aryl methyl sites for hydroxylation is 1. The van der Waals surface area contributed by atoms with Gasteiger partial charge in [0.15, 0.2) is 5.78 Å². The highest BCUT2D eigenvalue weighted by molar-refractivity contribution is 6.31. The molecule has 0 atom stereocenters. The van der Waals surface area contributed by atoms with Crippen molar-refractivity contribution in [3.05, 3.63) is 34.3 Å². The third kappa shape index (κ3) is 2.00. The zero-order valence-electron chi connectivity index (χ0n) is 9.42. The highest BCUT2D eigenvalue weighted by atomic mass is 35.5. The molecule has 0 aromatic heterocycles. The van der Waals surface area contributed by atoms with Crippen LogP contribution in [0.1, 0.15) is 41.6 Å². The number of hydrogen-bond donors (Lipinski definition) is 1. The van der Waals surface area contributed by atoms with Crippen LogP contribution in [0, 0.1) is 6.92 Å². The number of Topliss-reactive ketones (excluding diaryl/α,β-unsaturated/α-hetero) is 1. The molecule has 0 bridgehead atoms. The number of nitrogens with two attached hydrogens (primary N) is 1. The van der Waals surface area contributed by atoms with Crippen LogP contribution in [0.3, 0.4) is 0 Å². The molecule has 0 spiro atoms. The molecule has 0 saturated heterocycles. The number of benzene rings is 1. The van der Waals surface area contributed by atoms with Gasteiger partial charge in [-0.15, -0.1) is 0 Å². The monoisotopic (exact) mass is 237 g/mol. The van der Waals surface area contributed by atoms with Crippen molar-refractivity contribution in [2.45, 2.75) is 38.1 Å². The fourth-order valence-corrected chi connectivity index (χ4v) is 2.44. The number of hydrogen-bond acceptors (Lipinski definition) is 2. The molecule has 2 nitrogen and oxygen atoms in total. The van der Waals surface area contributed by atoms with E-state index in [2.05, 4.69) is 0 Å². The van der Waals surface area contributed by atoms with Crippen LogP contribution in [0.2, 0.25) is 5.02 Å². The van der Waals surface area contributed by atoms with E-state index in [-0.39, 0.29) is 5.78 Å². The molecule has 0 radical (unpaired) electrons. The quantitative estimate of drug-likeness (QED) is 0.804. The lowest BCUT2D eigenvalue weighted by Gasteiger charge is -2.21. The third-order valence-electron chi connectivity index (χ3n) is 3.38. The summed E-state index contributed by atoms with van der Waals surface area (Å²) >= 11 is 6.02. The van der Waals surface area contributed by atoms with Crippen LogP contribution in [0.15, 0.2) is 18.2 Å². The maximum atomic E-state index is 12.2. The summed E-state index contributed by atoms with van der Waals surface area (Å²) in [5.74, 6) is 0.0342. The van der Waals surface area contributed by atoms with E-state index in [1.165, 1.54) is 0 Å². The van der Waals surface area contributed by atoms with E-state index < -0.39 is 5.54 Å². The molecule has 1 aromatic rings. The van der Waals surface area contributed by atoms with Crippen LogP contribution in [0.25, 0.3) is 0 Å². The van der Waals surface area contributed by atoms with Gasteiger partial charge in [-0.05, 0) is 31.4 Å². The van der Waals surface area contributed by atoms with Crippen molar-refractivity contribution >= 4 is 17.4 Å². The molecule has 0 unspecified atom stereocenters. The van der Waals surface area contributed by atoms with Crippen molar-refractivity contribution in [1.82, 2.24) is 0 Å². The van der Waals surface area contributed by atoms with Crippen LogP contribution in [0.5, 0.6) is 0 Å². The highest BCUT2D eigenvalue weighted by Crippen LogP contribution is 2.31. The predicted molar refractivity (Wildman–Crippen MR) is 65.9 cm³/mol. The van der Waals surface area contributed by atoms with E-state index in [9.17, 15) is 4.79 Å². The SMILES string of the molecule is Cc1ccc(C(=O)C2(N)CCCC2)cc1Cl. The first-order valence-corrected chi connectivity index (χ1v) is 6.00. The molecule has 2 N–H and O–H groups in total. The van der Waals surface area contributed by atoms with Gasteiger partial charge in [0.05, 0.1) is 5.54 Å². The summed E-state index contributed by atoms with van der Waals surface area (Å²) in [5.41, 5.74) is 7.10. The molecule has 1 aliphatic carbocycles. The minimum atomic E-state index is -0.654. The summed E-state index contributed by atoms with van der Waals surface area (Å²) in [5, 5.41) is 0.632. The average molecular weight is 238 g/mol. The average Bonchev–Trinajstić information content (AvgIpc) is 2.70. The Balaban J connectivity index is 2.30. The van der Waals surface area contributed by atoms with E-state index in [4.69, 9.17) is 17.3 Å². The van der Waals surface area contributed by atoms with Gasteiger partial charge in [0.2, 0.25) is 0 Å². The second-order valence-electron chi connectivity index (χ2n) is 4.66. The molecule has 1 aliphatic rings. The number of carbonyl (C=O) groups is 1. The summed E-state index contributed by atoms with van der Waals surface area (Å²) in [4.78, 5) is 12.2. The Bertz CT molecular complexity index is 422. The van der Waals surface area contributed by atoms with Crippen molar-refractivity contribution < 1.29 is 4.79 Å². The molecular formula is C13H16ClNO. The molecule has 16 heavy (non-hydrogen) atoms. The van der Waals surface area contributed by atoms with Crippen LogP contribution >= 0.6 is 11.6 Å². The number of carbonyl (C=O) groups excluding carboxylic acids is 1. The number of ketones is 1. The maximum absolute atomic E-state index is 12.2. The van der Waals surface area contributed by atoms with Gasteiger partial charge in [0.1, 0.15) is 0 Å². The molecule has 1 aromatic carbocycles. The Morgan fingerprint density at radius 3 is 2.56 bits per heavy atom. The first kappa shape index (κ1) is 11.6. The van der Waals surface area contributed by atoms with Crippen molar-refractivity contribution in [3.63, 3.8) is 0 Å². The summed E-state index contributed by atoms with van der Waals surface area (Å²) in [6.07, 6.45) is 3.67. The lowest BCUT2D eigenvalue weighted by molar-refractivity contribution is 0.0892. The van der Waals surface area contributed by atoms with Gasteiger partial charge in [0, 0.05) is 10.6 Å². The van der Waals surface area contributed by atoms with Crippen LogP contribution in [0.4, 0.5) is 0 Å². The van der Waals surface area contributed by atoms with Gasteiger partial charge < -0.3 is 5.73 Å². The standard InChI is InChI=1S/C13H16ClNO/c1-9-4-5-10(8-11(9)14)12(16)13(15)6-2-3-7-13/h4-5,8H,2-3,6-7,15H2,1H3. The second kappa shape index (κ2) is 4.19. The summed E-state index contributed by atoms with van der Waals surface area (Å²) in [7, 11) is 0. The fourth-order valence-electron chi connectivity index (χ4n) is 2.25. The Kier molecular flexibility index (Phi) is 3.04. The fraction of sp³-hybridized carbons (Fsp3) is 0.462. The van der Waals surface area contributed by atoms with Crippen molar-refractivity contribution in [2.75, 3.05) is 0 Å². The normalized spacial score (nSPS) is 18.7. The summed E-state index contributed by atoms with van der Waals surface area (Å²) in [6, 6.07) is 5.41. The molecular weight excluding hydrogens is 222 g/mol. The van der Waals surface area contributed by atoms with Gasteiger partial charge in [-0.1, -0.05) is 36.6 Å². The van der Waals surface area contributed by atoms with Crippen molar-refractivity contribution in [1.29, 1.82) is 0 Å². The summed E-state index contributed by atoms with van der Waals surface area (Å²) < 4.78 is 0. The van der Waals surface area contributed by atoms with Crippen LogP contribution in [-0.4, -0.2) is 11.3 Å². The van der Waals surface area contributed by atoms with E-state index in [1.54, 1.807) is 6.07 Å². The topological polar surface area (TPSA) is 43.1 Å². The zero-order chi connectivity index (χ0) is 11.8. The Labute approximate surface area is 101 Å². The molecule has 0 amide bonds. The number of rotatable bonds is 2. The molecule has 86 valence electrons. The van der Waals surface area contributed by atoms with Crippen molar-refractivity contribution in [3.8, 4) is 0 Å². The first-order valence-electron chi connectivity index (χ1n) is 5.63. The van der Waals surface area contributed by atoms with Crippen molar-refractivity contribution in [2.24, 2.45) is 5.73 Å². The molecule has 1 saturated carbocycles. The molecule has 1 fully saturated rings. The Morgan fingerprint density at radius 2 is 2.00 bits per heavy atom. The molecule has 2 rings (SSSR count). The molecule has 0 aliphatic heterocycles. The number of halogens is 1. The lowest BCUT2D eigenvalue weighted by Crippen LogP contribution is -2.45. The van der Waals surface area contributed by atoms with E-state index in [1.807, 2.05) is 19.1 Å². The minimum absolute atomic E-state index is 0.0342. The van der Waals surface area contributed by atoms with E-state index in [0.29, 0.717) is 10.6 Å². The zero-order valence-corrected chi connectivity index (χ0v) is 10.2. The smallest absolute Gasteiger partial charge is 0.182 e. The Morgan fingerprint density at radius 1 is 1.38 bits per heavy atom. The van der Waals surface area contributed by atoms with Gasteiger partial charge in [-0.2, -0.15) is 0 Å². The molecule has 0 heterocycles.